The minimum Gasteiger partial charge on any atom is -0.478 e. The lowest BCUT2D eigenvalue weighted by Gasteiger charge is -2.04. The smallest absolute Gasteiger partial charge is 0.335 e. The van der Waals surface area contributed by atoms with E-state index in [-0.39, 0.29) is 5.56 Å². The Hall–Kier alpha value is -1.59. The summed E-state index contributed by atoms with van der Waals surface area (Å²) in [6.07, 6.45) is 3.01. The molecule has 0 aliphatic carbocycles. The van der Waals surface area contributed by atoms with Crippen LogP contribution >= 0.6 is 23.4 Å². The van der Waals surface area contributed by atoms with Crippen LogP contribution in [0.1, 0.15) is 15.9 Å². The van der Waals surface area contributed by atoms with Gasteiger partial charge in [-0.05, 0) is 36.4 Å². The lowest BCUT2D eigenvalue weighted by atomic mass is 10.1. The summed E-state index contributed by atoms with van der Waals surface area (Å²) in [5, 5.41) is 10.0. The lowest BCUT2D eigenvalue weighted by molar-refractivity contribution is 0.0696. The number of aromatic carboxylic acids is 1. The molecule has 4 nitrogen and oxygen atoms in total. The Morgan fingerprint density at radius 3 is 2.61 bits per heavy atom. The molecule has 0 spiro atoms. The fourth-order valence-electron chi connectivity index (χ4n) is 1.35. The molecule has 0 bridgehead atoms. The van der Waals surface area contributed by atoms with Crippen molar-refractivity contribution in [1.82, 2.24) is 9.97 Å². The zero-order chi connectivity index (χ0) is 13.1. The minimum absolute atomic E-state index is 0.286. The first-order chi connectivity index (χ1) is 8.56. The van der Waals surface area contributed by atoms with Crippen molar-refractivity contribution in [3.05, 3.63) is 46.7 Å². The number of carboxylic acid groups (broad SMARTS) is 1. The largest absolute Gasteiger partial charge is 0.478 e. The topological polar surface area (TPSA) is 63.1 Å². The summed E-state index contributed by atoms with van der Waals surface area (Å²) in [5.41, 5.74) is 1.01. The fourth-order valence-corrected chi connectivity index (χ4v) is 2.19. The van der Waals surface area contributed by atoms with Crippen LogP contribution in [0, 0.1) is 6.92 Å². The van der Waals surface area contributed by atoms with Crippen LogP contribution < -0.4 is 0 Å². The number of aryl methyl sites for hydroxylation is 1. The molecule has 0 fully saturated rings. The zero-order valence-corrected chi connectivity index (χ0v) is 11.0. The van der Waals surface area contributed by atoms with E-state index in [4.69, 9.17) is 16.7 Å². The molecular formula is C12H9ClN2O2S. The highest BCUT2D eigenvalue weighted by Crippen LogP contribution is 2.26. The van der Waals surface area contributed by atoms with E-state index in [1.807, 2.05) is 6.07 Å². The van der Waals surface area contributed by atoms with Gasteiger partial charge in [0.2, 0.25) is 0 Å². The van der Waals surface area contributed by atoms with E-state index in [0.717, 1.165) is 10.5 Å². The van der Waals surface area contributed by atoms with E-state index in [9.17, 15) is 4.79 Å². The predicted molar refractivity (Wildman–Crippen MR) is 69.3 cm³/mol. The molecule has 0 amide bonds. The Balaban J connectivity index is 2.27. The van der Waals surface area contributed by atoms with E-state index in [2.05, 4.69) is 9.97 Å². The molecule has 2 aromatic rings. The van der Waals surface area contributed by atoms with Crippen LogP contribution in [0.3, 0.4) is 0 Å². The standard InChI is InChI=1S/C12H9ClN2O2S/c1-7-2-3-9(4-10(7)11(16)17)18-12-14-5-8(13)6-15-12/h2-6H,1H3,(H,16,17). The highest BCUT2D eigenvalue weighted by Gasteiger charge is 2.09. The summed E-state index contributed by atoms with van der Waals surface area (Å²) in [4.78, 5) is 19.9. The fraction of sp³-hybridized carbons (Fsp3) is 0.0833. The summed E-state index contributed by atoms with van der Waals surface area (Å²) in [6, 6.07) is 5.21. The highest BCUT2D eigenvalue weighted by molar-refractivity contribution is 7.99. The van der Waals surface area contributed by atoms with Gasteiger partial charge in [-0.3, -0.25) is 0 Å². The first kappa shape index (κ1) is 12.9. The van der Waals surface area contributed by atoms with Gasteiger partial charge in [-0.1, -0.05) is 17.7 Å². The second-order valence-electron chi connectivity index (χ2n) is 3.57. The second-order valence-corrected chi connectivity index (χ2v) is 5.04. The highest BCUT2D eigenvalue weighted by atomic mass is 35.5. The van der Waals surface area contributed by atoms with E-state index in [0.29, 0.717) is 10.2 Å². The van der Waals surface area contributed by atoms with Crippen LogP contribution in [0.15, 0.2) is 40.6 Å². The summed E-state index contributed by atoms with van der Waals surface area (Å²) >= 11 is 6.98. The van der Waals surface area contributed by atoms with Gasteiger partial charge in [0, 0.05) is 4.90 Å². The van der Waals surface area contributed by atoms with E-state index in [1.54, 1.807) is 19.1 Å². The van der Waals surface area contributed by atoms with Gasteiger partial charge in [-0.25, -0.2) is 14.8 Å². The third kappa shape index (κ3) is 3.00. The van der Waals surface area contributed by atoms with Crippen molar-refractivity contribution >= 4 is 29.3 Å². The molecule has 2 rings (SSSR count). The molecule has 0 radical (unpaired) electrons. The van der Waals surface area contributed by atoms with E-state index >= 15 is 0 Å². The quantitative estimate of drug-likeness (QED) is 0.874. The molecule has 1 aromatic heterocycles. The number of rotatable bonds is 3. The number of benzene rings is 1. The van der Waals surface area contributed by atoms with Crippen molar-refractivity contribution in [2.75, 3.05) is 0 Å². The third-order valence-corrected chi connectivity index (χ3v) is 3.32. The number of halogens is 1. The molecular weight excluding hydrogens is 272 g/mol. The Morgan fingerprint density at radius 1 is 1.33 bits per heavy atom. The minimum atomic E-state index is -0.938. The molecule has 1 aromatic carbocycles. The van der Waals surface area contributed by atoms with Gasteiger partial charge >= 0.3 is 5.97 Å². The molecule has 1 N–H and O–H groups in total. The van der Waals surface area contributed by atoms with Crippen LogP contribution in [0.2, 0.25) is 5.02 Å². The Labute approximate surface area is 113 Å². The maximum Gasteiger partial charge on any atom is 0.335 e. The maximum absolute atomic E-state index is 11.0. The van der Waals surface area contributed by atoms with Gasteiger partial charge in [0.15, 0.2) is 5.16 Å². The van der Waals surface area contributed by atoms with Crippen molar-refractivity contribution in [3.8, 4) is 0 Å². The number of hydrogen-bond acceptors (Lipinski definition) is 4. The molecule has 0 saturated carbocycles. The number of hydrogen-bond donors (Lipinski definition) is 1. The predicted octanol–water partition coefficient (Wildman–Crippen LogP) is 3.29. The lowest BCUT2D eigenvalue weighted by Crippen LogP contribution is -1.99. The van der Waals surface area contributed by atoms with Gasteiger partial charge < -0.3 is 5.11 Å². The summed E-state index contributed by atoms with van der Waals surface area (Å²) < 4.78 is 0. The van der Waals surface area contributed by atoms with Gasteiger partial charge in [-0.15, -0.1) is 0 Å². The first-order valence-corrected chi connectivity index (χ1v) is 6.25. The van der Waals surface area contributed by atoms with Crippen LogP contribution in [-0.2, 0) is 0 Å². The van der Waals surface area contributed by atoms with Gasteiger partial charge in [0.1, 0.15) is 0 Å². The molecule has 0 aliphatic rings. The monoisotopic (exact) mass is 280 g/mol. The Bertz CT molecular complexity index is 587. The summed E-state index contributed by atoms with van der Waals surface area (Å²) in [7, 11) is 0. The van der Waals surface area contributed by atoms with Crippen LogP contribution in [-0.4, -0.2) is 21.0 Å². The summed E-state index contributed by atoms with van der Waals surface area (Å²) in [6.45, 7) is 1.76. The van der Waals surface area contributed by atoms with Crippen molar-refractivity contribution in [3.63, 3.8) is 0 Å². The van der Waals surface area contributed by atoms with E-state index < -0.39 is 5.97 Å². The number of aromatic nitrogens is 2. The zero-order valence-electron chi connectivity index (χ0n) is 9.42. The molecule has 0 saturated heterocycles. The van der Waals surface area contributed by atoms with Crippen molar-refractivity contribution < 1.29 is 9.90 Å². The normalized spacial score (nSPS) is 10.3. The summed E-state index contributed by atoms with van der Waals surface area (Å²) in [5.74, 6) is -0.938. The van der Waals surface area contributed by atoms with Gasteiger partial charge in [0.05, 0.1) is 23.0 Å². The average molecular weight is 281 g/mol. The van der Waals surface area contributed by atoms with Crippen molar-refractivity contribution in [2.45, 2.75) is 17.0 Å². The molecule has 92 valence electrons. The number of carbonyl (C=O) groups is 1. The van der Waals surface area contributed by atoms with E-state index in [1.165, 1.54) is 24.2 Å². The van der Waals surface area contributed by atoms with Gasteiger partial charge in [0.25, 0.3) is 0 Å². The maximum atomic E-state index is 11.0. The van der Waals surface area contributed by atoms with Crippen LogP contribution in [0.25, 0.3) is 0 Å². The molecule has 0 unspecified atom stereocenters. The Kier molecular flexibility index (Phi) is 3.84. The van der Waals surface area contributed by atoms with Crippen LogP contribution in [0.5, 0.6) is 0 Å². The molecule has 0 atom stereocenters. The van der Waals surface area contributed by atoms with Crippen molar-refractivity contribution in [1.29, 1.82) is 0 Å². The average Bonchev–Trinajstić information content (AvgIpc) is 2.34. The van der Waals surface area contributed by atoms with Gasteiger partial charge in [-0.2, -0.15) is 0 Å². The number of nitrogens with zero attached hydrogens (tertiary/aromatic N) is 2. The molecule has 0 aliphatic heterocycles. The molecule has 6 heteroatoms. The first-order valence-electron chi connectivity index (χ1n) is 5.05. The van der Waals surface area contributed by atoms with Crippen LogP contribution in [0.4, 0.5) is 0 Å². The molecule has 1 heterocycles. The Morgan fingerprint density at radius 2 is 2.00 bits per heavy atom. The van der Waals surface area contributed by atoms with Crippen molar-refractivity contribution in [2.24, 2.45) is 0 Å². The second kappa shape index (κ2) is 5.37. The number of carboxylic acids is 1. The SMILES string of the molecule is Cc1ccc(Sc2ncc(Cl)cn2)cc1C(=O)O. The third-order valence-electron chi connectivity index (χ3n) is 2.25. The molecule has 18 heavy (non-hydrogen) atoms.